The van der Waals surface area contributed by atoms with Crippen molar-refractivity contribution in [1.29, 1.82) is 0 Å². The third-order valence-corrected chi connectivity index (χ3v) is 6.96. The Morgan fingerprint density at radius 2 is 1.76 bits per heavy atom. The predicted molar refractivity (Wildman–Crippen MR) is 118 cm³/mol. The van der Waals surface area contributed by atoms with Gasteiger partial charge < -0.3 is 4.90 Å². The topological polar surface area (TPSA) is 57.7 Å². The lowest BCUT2D eigenvalue weighted by atomic mass is 9.99. The zero-order valence-electron chi connectivity index (χ0n) is 16.4. The second kappa shape index (κ2) is 8.94. The molecule has 0 aliphatic carbocycles. The summed E-state index contributed by atoms with van der Waals surface area (Å²) < 4.78 is 26.1. The molecule has 1 heterocycles. The van der Waals surface area contributed by atoms with Crippen molar-refractivity contribution < 1.29 is 13.2 Å². The second-order valence-electron chi connectivity index (χ2n) is 7.52. The van der Waals surface area contributed by atoms with Crippen LogP contribution >= 0.6 is 23.2 Å². The number of hydrogen-bond donors (Lipinski definition) is 0. The van der Waals surface area contributed by atoms with Gasteiger partial charge in [0.2, 0.25) is 10.0 Å². The summed E-state index contributed by atoms with van der Waals surface area (Å²) in [5, 5.41) is 0.800. The van der Waals surface area contributed by atoms with Crippen LogP contribution in [0.2, 0.25) is 10.0 Å². The summed E-state index contributed by atoms with van der Waals surface area (Å²) in [6.45, 7) is 3.66. The van der Waals surface area contributed by atoms with Gasteiger partial charge in [-0.3, -0.25) is 9.10 Å². The molecule has 0 spiro atoms. The van der Waals surface area contributed by atoms with Crippen molar-refractivity contribution in [2.24, 2.45) is 5.92 Å². The van der Waals surface area contributed by atoms with E-state index in [0.29, 0.717) is 32.8 Å². The Morgan fingerprint density at radius 1 is 1.14 bits per heavy atom. The third kappa shape index (κ3) is 5.24. The molecule has 2 aromatic carbocycles. The molecule has 1 amide bonds. The fourth-order valence-electron chi connectivity index (χ4n) is 3.55. The second-order valence-corrected chi connectivity index (χ2v) is 10.2. The fraction of sp³-hybridized carbons (Fsp3) is 0.381. The van der Waals surface area contributed by atoms with Crippen LogP contribution in [0.25, 0.3) is 0 Å². The summed E-state index contributed by atoms with van der Waals surface area (Å²) in [6, 6.07) is 11.7. The van der Waals surface area contributed by atoms with Gasteiger partial charge in [-0.25, -0.2) is 8.42 Å². The minimum Gasteiger partial charge on any atom is -0.338 e. The SMILES string of the molecule is C[C@H]1CCCN(C(=O)c2ccc(N(Cc3c(Cl)cccc3Cl)S(C)(=O)=O)cc2)C1. The van der Waals surface area contributed by atoms with Gasteiger partial charge in [-0.1, -0.05) is 36.2 Å². The summed E-state index contributed by atoms with van der Waals surface area (Å²) in [5.74, 6) is 0.469. The number of benzene rings is 2. The zero-order valence-corrected chi connectivity index (χ0v) is 18.8. The highest BCUT2D eigenvalue weighted by Crippen LogP contribution is 2.29. The van der Waals surface area contributed by atoms with Gasteiger partial charge in [0.1, 0.15) is 0 Å². The normalized spacial score (nSPS) is 17.2. The lowest BCUT2D eigenvalue weighted by Gasteiger charge is -2.31. The predicted octanol–water partition coefficient (Wildman–Crippen LogP) is 4.83. The first-order chi connectivity index (χ1) is 13.7. The van der Waals surface area contributed by atoms with E-state index in [-0.39, 0.29) is 12.5 Å². The number of hydrogen-bond acceptors (Lipinski definition) is 3. The van der Waals surface area contributed by atoms with Crippen molar-refractivity contribution in [3.63, 3.8) is 0 Å². The monoisotopic (exact) mass is 454 g/mol. The molecule has 8 heteroatoms. The minimum absolute atomic E-state index is 0.00821. The molecular formula is C21H24Cl2N2O3S. The van der Waals surface area contributed by atoms with E-state index >= 15 is 0 Å². The zero-order chi connectivity index (χ0) is 21.2. The van der Waals surface area contributed by atoms with Crippen molar-refractivity contribution in [1.82, 2.24) is 4.90 Å². The molecular weight excluding hydrogens is 431 g/mol. The van der Waals surface area contributed by atoms with Crippen LogP contribution in [-0.2, 0) is 16.6 Å². The molecule has 0 N–H and O–H groups in total. The molecule has 1 atom stereocenters. The highest BCUT2D eigenvalue weighted by molar-refractivity contribution is 7.92. The van der Waals surface area contributed by atoms with Gasteiger partial charge >= 0.3 is 0 Å². The van der Waals surface area contributed by atoms with E-state index in [0.717, 1.165) is 32.2 Å². The van der Waals surface area contributed by atoms with E-state index in [1.54, 1.807) is 42.5 Å². The number of sulfonamides is 1. The Morgan fingerprint density at radius 3 is 2.31 bits per heavy atom. The smallest absolute Gasteiger partial charge is 0.253 e. The van der Waals surface area contributed by atoms with Crippen LogP contribution < -0.4 is 4.31 Å². The number of piperidine rings is 1. The number of carbonyl (C=O) groups is 1. The number of halogens is 2. The van der Waals surface area contributed by atoms with Crippen molar-refractivity contribution >= 4 is 44.8 Å². The quantitative estimate of drug-likeness (QED) is 0.649. The molecule has 0 radical (unpaired) electrons. The summed E-state index contributed by atoms with van der Waals surface area (Å²) in [6.07, 6.45) is 3.27. The first-order valence-electron chi connectivity index (χ1n) is 9.46. The Balaban J connectivity index is 1.85. The van der Waals surface area contributed by atoms with Gasteiger partial charge in [-0.05, 0) is 55.2 Å². The molecule has 3 rings (SSSR count). The number of nitrogens with zero attached hydrogens (tertiary/aromatic N) is 2. The van der Waals surface area contributed by atoms with E-state index in [1.165, 1.54) is 4.31 Å². The van der Waals surface area contributed by atoms with Crippen LogP contribution in [0.3, 0.4) is 0 Å². The molecule has 1 aliphatic heterocycles. The van der Waals surface area contributed by atoms with Gasteiger partial charge in [0.05, 0.1) is 18.5 Å². The largest absolute Gasteiger partial charge is 0.338 e. The molecule has 0 aromatic heterocycles. The Kier molecular flexibility index (Phi) is 6.76. The standard InChI is InChI=1S/C21H24Cl2N2O3S/c1-15-5-4-12-24(13-15)21(26)16-8-10-17(11-9-16)25(29(2,27)28)14-18-19(22)6-3-7-20(18)23/h3,6-11,15H,4-5,12-14H2,1-2H3/t15-/m0/s1. The van der Waals surface area contributed by atoms with Crippen molar-refractivity contribution in [2.75, 3.05) is 23.7 Å². The molecule has 5 nitrogen and oxygen atoms in total. The van der Waals surface area contributed by atoms with Gasteiger partial charge in [0.25, 0.3) is 5.91 Å². The maximum absolute atomic E-state index is 12.8. The maximum Gasteiger partial charge on any atom is 0.253 e. The van der Waals surface area contributed by atoms with E-state index in [2.05, 4.69) is 6.92 Å². The van der Waals surface area contributed by atoms with E-state index in [4.69, 9.17) is 23.2 Å². The molecule has 0 saturated carbocycles. The summed E-state index contributed by atoms with van der Waals surface area (Å²) in [7, 11) is -3.59. The Hall–Kier alpha value is -1.76. The van der Waals surface area contributed by atoms with E-state index in [9.17, 15) is 13.2 Å². The first-order valence-corrected chi connectivity index (χ1v) is 12.1. The maximum atomic E-state index is 12.8. The van der Waals surface area contributed by atoms with Crippen molar-refractivity contribution in [3.05, 3.63) is 63.6 Å². The van der Waals surface area contributed by atoms with Crippen molar-refractivity contribution in [2.45, 2.75) is 26.3 Å². The first kappa shape index (κ1) is 21.9. The number of anilines is 1. The highest BCUT2D eigenvalue weighted by Gasteiger charge is 2.24. The third-order valence-electron chi connectivity index (χ3n) is 5.11. The van der Waals surface area contributed by atoms with Crippen LogP contribution in [-0.4, -0.2) is 38.6 Å². The number of amides is 1. The van der Waals surface area contributed by atoms with Gasteiger partial charge in [-0.15, -0.1) is 0 Å². The van der Waals surface area contributed by atoms with Crippen LogP contribution in [0.4, 0.5) is 5.69 Å². The van der Waals surface area contributed by atoms with Gasteiger partial charge in [-0.2, -0.15) is 0 Å². The molecule has 1 fully saturated rings. The summed E-state index contributed by atoms with van der Waals surface area (Å²) in [5.41, 5.74) is 1.53. The van der Waals surface area contributed by atoms with Crippen LogP contribution in [0.1, 0.15) is 35.7 Å². The molecule has 156 valence electrons. The lowest BCUT2D eigenvalue weighted by Crippen LogP contribution is -2.39. The molecule has 1 saturated heterocycles. The Bertz CT molecular complexity index is 973. The van der Waals surface area contributed by atoms with E-state index in [1.807, 2.05) is 4.90 Å². The van der Waals surface area contributed by atoms with Crippen LogP contribution in [0, 0.1) is 5.92 Å². The fourth-order valence-corrected chi connectivity index (χ4v) is 4.94. The Labute approximate surface area is 182 Å². The number of likely N-dealkylation sites (tertiary alicyclic amines) is 1. The van der Waals surface area contributed by atoms with Gasteiger partial charge in [0, 0.05) is 34.3 Å². The average Bonchev–Trinajstić information content (AvgIpc) is 2.66. The summed E-state index contributed by atoms with van der Waals surface area (Å²) in [4.78, 5) is 14.6. The summed E-state index contributed by atoms with van der Waals surface area (Å²) >= 11 is 12.4. The average molecular weight is 455 g/mol. The van der Waals surface area contributed by atoms with E-state index < -0.39 is 10.0 Å². The number of rotatable bonds is 5. The number of carbonyl (C=O) groups excluding carboxylic acids is 1. The van der Waals surface area contributed by atoms with Crippen LogP contribution in [0.5, 0.6) is 0 Å². The lowest BCUT2D eigenvalue weighted by molar-refractivity contribution is 0.0683. The van der Waals surface area contributed by atoms with Crippen LogP contribution in [0.15, 0.2) is 42.5 Å². The molecule has 0 bridgehead atoms. The minimum atomic E-state index is -3.59. The molecule has 0 unspecified atom stereocenters. The van der Waals surface area contributed by atoms with Gasteiger partial charge in [0.15, 0.2) is 0 Å². The molecule has 1 aliphatic rings. The van der Waals surface area contributed by atoms with Crippen molar-refractivity contribution in [3.8, 4) is 0 Å². The molecule has 29 heavy (non-hydrogen) atoms. The highest BCUT2D eigenvalue weighted by atomic mass is 35.5. The molecule has 2 aromatic rings.